The van der Waals surface area contributed by atoms with Crippen LogP contribution in [0.4, 0.5) is 4.79 Å². The molecule has 7 heteroatoms. The monoisotopic (exact) mass is 137 g/mol. The van der Waals surface area contributed by atoms with Gasteiger partial charge in [-0.15, -0.1) is 0 Å². The molecule has 0 aromatic rings. The summed E-state index contributed by atoms with van der Waals surface area (Å²) in [5.41, 5.74) is 4.47. The minimum absolute atomic E-state index is 0.0370. The number of primary amides is 1. The highest BCUT2D eigenvalue weighted by Crippen LogP contribution is 1.89. The van der Waals surface area contributed by atoms with Gasteiger partial charge in [0.1, 0.15) is 4.33 Å². The van der Waals surface area contributed by atoms with Gasteiger partial charge in [0.15, 0.2) is 0 Å². The third kappa shape index (κ3) is 5.02. The molecule has 6 nitrogen and oxygen atoms in total. The average molecular weight is 137 g/mol. The molecule has 0 aliphatic carbocycles. The number of rotatable bonds is 2. The number of nitro groups is 1. The standard InChI is InChI=1S/CH3N3O3S/c2-1(5)3-8-4(6)7/h(H3,2,3,5). The highest BCUT2D eigenvalue weighted by molar-refractivity contribution is 7.91. The molecule has 0 unspecified atom stereocenters. The Morgan fingerprint density at radius 3 is 2.50 bits per heavy atom. The van der Waals surface area contributed by atoms with Crippen molar-refractivity contribution in [3.05, 3.63) is 10.1 Å². The van der Waals surface area contributed by atoms with Crippen molar-refractivity contribution in [2.24, 2.45) is 5.73 Å². The van der Waals surface area contributed by atoms with Crippen molar-refractivity contribution in [2.75, 3.05) is 0 Å². The summed E-state index contributed by atoms with van der Waals surface area (Å²) in [6, 6.07) is -0.924. The number of urea groups is 1. The SMILES string of the molecule is NC(=O)NS[N+](=O)[O-]. The summed E-state index contributed by atoms with van der Waals surface area (Å²) >= 11 is 0.0370. The molecule has 0 aromatic carbocycles. The first-order valence-corrected chi connectivity index (χ1v) is 2.27. The third-order valence-electron chi connectivity index (χ3n) is 0.221. The van der Waals surface area contributed by atoms with Crippen LogP contribution < -0.4 is 10.5 Å². The van der Waals surface area contributed by atoms with Gasteiger partial charge in [-0.3, -0.25) is 0 Å². The molecule has 0 heterocycles. The first kappa shape index (κ1) is 7.02. The fourth-order valence-electron chi connectivity index (χ4n) is 0.0823. The maximum atomic E-state index is 9.69. The second-order valence-electron chi connectivity index (χ2n) is 0.781. The molecule has 0 bridgehead atoms. The summed E-state index contributed by atoms with van der Waals surface area (Å²) in [7, 11) is 0. The lowest BCUT2D eigenvalue weighted by atomic mass is 11.2. The topological polar surface area (TPSA) is 98.3 Å². The minimum atomic E-state index is -0.924. The van der Waals surface area contributed by atoms with Gasteiger partial charge in [0.2, 0.25) is 0 Å². The molecule has 0 saturated carbocycles. The minimum Gasteiger partial charge on any atom is -0.351 e. The van der Waals surface area contributed by atoms with Crippen LogP contribution in [0, 0.1) is 10.1 Å². The zero-order valence-electron chi connectivity index (χ0n) is 3.66. The summed E-state index contributed by atoms with van der Waals surface area (Å²) in [6.45, 7) is 0. The Kier molecular flexibility index (Phi) is 2.70. The largest absolute Gasteiger partial charge is 0.356 e. The van der Waals surface area contributed by atoms with Crippen LogP contribution in [0.1, 0.15) is 0 Å². The van der Waals surface area contributed by atoms with Crippen molar-refractivity contribution in [3.63, 3.8) is 0 Å². The summed E-state index contributed by atoms with van der Waals surface area (Å²) in [4.78, 5) is 19.1. The lowest BCUT2D eigenvalue weighted by Crippen LogP contribution is -2.24. The predicted octanol–water partition coefficient (Wildman–Crippen LogP) is -0.505. The van der Waals surface area contributed by atoms with E-state index in [0.29, 0.717) is 0 Å². The van der Waals surface area contributed by atoms with E-state index in [1.807, 2.05) is 0 Å². The Bertz CT molecular complexity index is 99.1. The van der Waals surface area contributed by atoms with Gasteiger partial charge in [-0.2, -0.15) is 0 Å². The molecule has 0 atom stereocenters. The highest BCUT2D eigenvalue weighted by Gasteiger charge is 2.00. The number of hydrogen-bond donors (Lipinski definition) is 2. The van der Waals surface area contributed by atoms with E-state index < -0.39 is 10.4 Å². The Labute approximate surface area is 48.8 Å². The summed E-state index contributed by atoms with van der Waals surface area (Å²) in [5.74, 6) is 0. The Hall–Kier alpha value is -0.980. The maximum absolute atomic E-state index is 9.69. The van der Waals surface area contributed by atoms with Crippen LogP contribution in [0.2, 0.25) is 0 Å². The first-order valence-electron chi connectivity index (χ1n) is 1.49. The van der Waals surface area contributed by atoms with E-state index in [1.165, 1.54) is 0 Å². The van der Waals surface area contributed by atoms with Crippen LogP contribution in [-0.4, -0.2) is 10.4 Å². The van der Waals surface area contributed by atoms with Crippen molar-refractivity contribution in [2.45, 2.75) is 0 Å². The molecular weight excluding hydrogens is 134 g/mol. The van der Waals surface area contributed by atoms with Crippen LogP contribution >= 0.6 is 12.1 Å². The van der Waals surface area contributed by atoms with Gasteiger partial charge in [-0.05, 0) is 0 Å². The molecule has 8 heavy (non-hydrogen) atoms. The molecular formula is CH3N3O3S. The Morgan fingerprint density at radius 2 is 2.38 bits per heavy atom. The third-order valence-corrected chi connectivity index (χ3v) is 0.662. The summed E-state index contributed by atoms with van der Waals surface area (Å²) in [5, 5.41) is 9.40. The van der Waals surface area contributed by atoms with Crippen LogP contribution in [0.15, 0.2) is 0 Å². The van der Waals surface area contributed by atoms with Crippen LogP contribution in [-0.2, 0) is 0 Å². The van der Waals surface area contributed by atoms with E-state index in [2.05, 4.69) is 5.73 Å². The summed E-state index contributed by atoms with van der Waals surface area (Å²) in [6.07, 6.45) is 0. The average Bonchev–Trinajstić information content (AvgIpc) is 1.61. The van der Waals surface area contributed by atoms with E-state index in [4.69, 9.17) is 0 Å². The van der Waals surface area contributed by atoms with Gasteiger partial charge in [0.05, 0.1) is 0 Å². The lowest BCUT2D eigenvalue weighted by molar-refractivity contribution is -0.285. The molecule has 0 radical (unpaired) electrons. The smallest absolute Gasteiger partial charge is 0.351 e. The first-order chi connectivity index (χ1) is 3.63. The second-order valence-corrected chi connectivity index (χ2v) is 1.47. The van der Waals surface area contributed by atoms with E-state index in [1.54, 1.807) is 4.72 Å². The maximum Gasteiger partial charge on any atom is 0.356 e. The van der Waals surface area contributed by atoms with Crippen LogP contribution in [0.5, 0.6) is 0 Å². The highest BCUT2D eigenvalue weighted by atomic mass is 32.2. The van der Waals surface area contributed by atoms with Gasteiger partial charge in [-0.1, -0.05) is 0 Å². The molecule has 0 aliphatic rings. The zero-order chi connectivity index (χ0) is 6.57. The molecule has 46 valence electrons. The van der Waals surface area contributed by atoms with E-state index >= 15 is 0 Å². The van der Waals surface area contributed by atoms with Gasteiger partial charge >= 0.3 is 18.2 Å². The van der Waals surface area contributed by atoms with E-state index in [-0.39, 0.29) is 12.1 Å². The van der Waals surface area contributed by atoms with Gasteiger partial charge in [0.25, 0.3) is 0 Å². The van der Waals surface area contributed by atoms with Crippen molar-refractivity contribution in [1.82, 2.24) is 4.72 Å². The number of carbonyl (C=O) groups excluding carboxylic acids is 1. The molecule has 0 spiro atoms. The second kappa shape index (κ2) is 3.08. The van der Waals surface area contributed by atoms with E-state index in [9.17, 15) is 14.9 Å². The molecule has 0 fully saturated rings. The molecule has 0 rings (SSSR count). The fourth-order valence-corrected chi connectivity index (χ4v) is 0.247. The van der Waals surface area contributed by atoms with Crippen LogP contribution in [0.3, 0.4) is 0 Å². The number of nitrogens with two attached hydrogens (primary N) is 1. The predicted molar refractivity (Wildman–Crippen MR) is 27.3 cm³/mol. The molecule has 0 aromatic heterocycles. The number of carbonyl (C=O) groups is 1. The molecule has 0 saturated heterocycles. The number of amides is 2. The number of hydrogen-bond acceptors (Lipinski definition) is 4. The number of nitrogens with zero attached hydrogens (tertiary/aromatic N) is 1. The van der Waals surface area contributed by atoms with Crippen molar-refractivity contribution < 1.29 is 9.12 Å². The molecule has 0 aliphatic heterocycles. The Morgan fingerprint density at radius 1 is 1.88 bits per heavy atom. The zero-order valence-corrected chi connectivity index (χ0v) is 4.47. The quantitative estimate of drug-likeness (QED) is 0.304. The van der Waals surface area contributed by atoms with E-state index in [0.717, 1.165) is 0 Å². The normalized spacial score (nSPS) is 8.00. The molecule has 3 N–H and O–H groups in total. The van der Waals surface area contributed by atoms with Gasteiger partial charge in [0, 0.05) is 0 Å². The number of nitrogens with one attached hydrogen (secondary N) is 1. The van der Waals surface area contributed by atoms with Crippen LogP contribution in [0.25, 0.3) is 0 Å². The summed E-state index contributed by atoms with van der Waals surface area (Å²) < 4.78 is 0.928. The Balaban J connectivity index is 3.18. The molecule has 2 amide bonds. The van der Waals surface area contributed by atoms with Gasteiger partial charge < -0.3 is 5.73 Å². The van der Waals surface area contributed by atoms with Gasteiger partial charge in [-0.25, -0.2) is 19.6 Å². The lowest BCUT2D eigenvalue weighted by Gasteiger charge is -1.85. The van der Waals surface area contributed by atoms with Crippen molar-refractivity contribution in [1.29, 1.82) is 0 Å². The van der Waals surface area contributed by atoms with Crippen molar-refractivity contribution in [3.8, 4) is 0 Å². The fraction of sp³-hybridized carbons (Fsp3) is 0. The van der Waals surface area contributed by atoms with Crippen molar-refractivity contribution >= 4 is 18.2 Å².